The summed E-state index contributed by atoms with van der Waals surface area (Å²) in [5.74, 6) is 0. The van der Waals surface area contributed by atoms with Gasteiger partial charge in [-0.15, -0.1) is 0 Å². The summed E-state index contributed by atoms with van der Waals surface area (Å²) in [6, 6.07) is 16.9. The lowest BCUT2D eigenvalue weighted by Gasteiger charge is -2.14. The van der Waals surface area contributed by atoms with E-state index in [0.29, 0.717) is 6.04 Å². The highest BCUT2D eigenvalue weighted by Crippen LogP contribution is 2.22. The van der Waals surface area contributed by atoms with Crippen LogP contribution in [-0.4, -0.2) is 9.55 Å². The number of nitrogens with two attached hydrogens (primary N) is 1. The van der Waals surface area contributed by atoms with E-state index in [9.17, 15) is 0 Å². The highest BCUT2D eigenvalue weighted by atomic mass is 15.1. The third-order valence-corrected chi connectivity index (χ3v) is 3.77. The van der Waals surface area contributed by atoms with Crippen LogP contribution in [0.25, 0.3) is 11.0 Å². The number of aryl methyl sites for hydroxylation is 1. The van der Waals surface area contributed by atoms with Gasteiger partial charge in [0.05, 0.1) is 17.4 Å². The maximum atomic E-state index is 5.79. The Morgan fingerprint density at radius 1 is 1.15 bits per heavy atom. The molecular weight excluding hydrogens is 246 g/mol. The fourth-order valence-electron chi connectivity index (χ4n) is 2.56. The van der Waals surface area contributed by atoms with E-state index in [4.69, 9.17) is 5.73 Å². The van der Waals surface area contributed by atoms with Gasteiger partial charge < -0.3 is 10.3 Å². The molecular formula is C17H19N3. The summed E-state index contributed by atoms with van der Waals surface area (Å²) in [6.45, 7) is 2.24. The molecule has 3 heteroatoms. The lowest BCUT2D eigenvalue weighted by atomic mass is 10.1. The number of aromatic nitrogens is 2. The molecule has 102 valence electrons. The zero-order chi connectivity index (χ0) is 13.9. The summed E-state index contributed by atoms with van der Waals surface area (Å²) in [7, 11) is 0. The van der Waals surface area contributed by atoms with Crippen LogP contribution in [0.3, 0.4) is 0 Å². The van der Waals surface area contributed by atoms with E-state index in [0.717, 1.165) is 29.6 Å². The van der Waals surface area contributed by atoms with E-state index in [1.54, 1.807) is 0 Å². The molecule has 0 aliphatic carbocycles. The molecule has 0 saturated carbocycles. The molecule has 0 fully saturated rings. The van der Waals surface area contributed by atoms with Crippen LogP contribution in [0.5, 0.6) is 0 Å². The first-order valence-electron chi connectivity index (χ1n) is 7.00. The van der Waals surface area contributed by atoms with Gasteiger partial charge in [0.2, 0.25) is 0 Å². The molecule has 0 radical (unpaired) electrons. The summed E-state index contributed by atoms with van der Waals surface area (Å²) < 4.78 is 2.23. The number of hydrogen-bond acceptors (Lipinski definition) is 2. The third-order valence-electron chi connectivity index (χ3n) is 3.77. The van der Waals surface area contributed by atoms with E-state index in [1.165, 1.54) is 5.56 Å². The molecule has 3 aromatic rings. The molecule has 0 bridgehead atoms. The Hall–Kier alpha value is -2.29. The van der Waals surface area contributed by atoms with Crippen LogP contribution in [0.1, 0.15) is 24.9 Å². The quantitative estimate of drug-likeness (QED) is 0.729. The molecule has 1 atom stereocenters. The molecule has 0 saturated heterocycles. The number of hydrogen-bond donors (Lipinski definition) is 1. The van der Waals surface area contributed by atoms with Crippen molar-refractivity contribution in [1.29, 1.82) is 0 Å². The Labute approximate surface area is 119 Å². The summed E-state index contributed by atoms with van der Waals surface area (Å²) >= 11 is 0. The van der Waals surface area contributed by atoms with Crippen LogP contribution >= 0.6 is 0 Å². The third kappa shape index (κ3) is 2.52. The highest BCUT2D eigenvalue weighted by molar-refractivity contribution is 5.79. The van der Waals surface area contributed by atoms with Crippen molar-refractivity contribution in [2.75, 3.05) is 5.73 Å². The Balaban J connectivity index is 1.77. The van der Waals surface area contributed by atoms with Crippen LogP contribution in [0.15, 0.2) is 54.9 Å². The van der Waals surface area contributed by atoms with E-state index < -0.39 is 0 Å². The lowest BCUT2D eigenvalue weighted by Crippen LogP contribution is -2.05. The number of rotatable bonds is 4. The molecule has 3 rings (SSSR count). The van der Waals surface area contributed by atoms with Crippen molar-refractivity contribution < 1.29 is 0 Å². The lowest BCUT2D eigenvalue weighted by molar-refractivity contribution is 0.519. The van der Waals surface area contributed by atoms with Crippen LogP contribution < -0.4 is 5.73 Å². The predicted molar refractivity (Wildman–Crippen MR) is 83.6 cm³/mol. The number of imidazole rings is 1. The van der Waals surface area contributed by atoms with Gasteiger partial charge in [-0.25, -0.2) is 4.98 Å². The molecule has 3 nitrogen and oxygen atoms in total. The number of nitrogen functional groups attached to an aromatic ring is 1. The first-order chi connectivity index (χ1) is 9.74. The summed E-state index contributed by atoms with van der Waals surface area (Å²) in [4.78, 5) is 4.44. The van der Waals surface area contributed by atoms with E-state index in [-0.39, 0.29) is 0 Å². The van der Waals surface area contributed by atoms with Crippen molar-refractivity contribution >= 4 is 16.7 Å². The van der Waals surface area contributed by atoms with Gasteiger partial charge in [0.25, 0.3) is 0 Å². The van der Waals surface area contributed by atoms with Gasteiger partial charge in [0.15, 0.2) is 0 Å². The minimum absolute atomic E-state index is 0.420. The smallest absolute Gasteiger partial charge is 0.0960 e. The maximum absolute atomic E-state index is 5.79. The van der Waals surface area contributed by atoms with Gasteiger partial charge in [-0.05, 0) is 43.5 Å². The van der Waals surface area contributed by atoms with Gasteiger partial charge in [-0.2, -0.15) is 0 Å². The number of fused-ring (bicyclic) bond motifs is 1. The number of nitrogens with zero attached hydrogens (tertiary/aromatic N) is 2. The second-order valence-corrected chi connectivity index (χ2v) is 5.27. The van der Waals surface area contributed by atoms with E-state index >= 15 is 0 Å². The topological polar surface area (TPSA) is 43.8 Å². The highest BCUT2D eigenvalue weighted by Gasteiger charge is 2.09. The monoisotopic (exact) mass is 265 g/mol. The molecule has 20 heavy (non-hydrogen) atoms. The Morgan fingerprint density at radius 3 is 2.75 bits per heavy atom. The molecule has 0 aliphatic rings. The van der Waals surface area contributed by atoms with Gasteiger partial charge >= 0.3 is 0 Å². The normalized spacial score (nSPS) is 12.7. The largest absolute Gasteiger partial charge is 0.399 e. The standard InChI is InChI=1S/C17H19N3/c1-13(7-8-14-5-3-2-4-6-14)20-12-19-16-11-15(18)9-10-17(16)20/h2-6,9-13H,7-8,18H2,1H3. The van der Waals surface area contributed by atoms with E-state index in [2.05, 4.69) is 52.9 Å². The summed E-state index contributed by atoms with van der Waals surface area (Å²) in [5.41, 5.74) is 10.1. The van der Waals surface area contributed by atoms with E-state index in [1.807, 2.05) is 18.5 Å². The van der Waals surface area contributed by atoms with Crippen LogP contribution in [-0.2, 0) is 6.42 Å². The molecule has 0 amide bonds. The van der Waals surface area contributed by atoms with Crippen LogP contribution in [0, 0.1) is 0 Å². The van der Waals surface area contributed by atoms with Crippen molar-refractivity contribution in [2.45, 2.75) is 25.8 Å². The second-order valence-electron chi connectivity index (χ2n) is 5.27. The molecule has 1 unspecified atom stereocenters. The molecule has 1 heterocycles. The molecule has 0 spiro atoms. The fraction of sp³-hybridized carbons (Fsp3) is 0.235. The second kappa shape index (κ2) is 5.37. The molecule has 1 aromatic heterocycles. The average Bonchev–Trinajstić information content (AvgIpc) is 2.89. The molecule has 0 aliphatic heterocycles. The van der Waals surface area contributed by atoms with Crippen molar-refractivity contribution in [1.82, 2.24) is 9.55 Å². The zero-order valence-electron chi connectivity index (χ0n) is 11.7. The predicted octanol–water partition coefficient (Wildman–Crippen LogP) is 3.81. The number of anilines is 1. The van der Waals surface area contributed by atoms with Crippen molar-refractivity contribution in [2.24, 2.45) is 0 Å². The van der Waals surface area contributed by atoms with Crippen LogP contribution in [0.2, 0.25) is 0 Å². The van der Waals surface area contributed by atoms with Gasteiger partial charge in [0.1, 0.15) is 0 Å². The van der Waals surface area contributed by atoms with Crippen molar-refractivity contribution in [3.05, 3.63) is 60.4 Å². The van der Waals surface area contributed by atoms with Gasteiger partial charge in [-0.3, -0.25) is 0 Å². The van der Waals surface area contributed by atoms with Gasteiger partial charge in [0, 0.05) is 11.7 Å². The Kier molecular flexibility index (Phi) is 3.42. The van der Waals surface area contributed by atoms with Crippen molar-refractivity contribution in [3.8, 4) is 0 Å². The fourth-order valence-corrected chi connectivity index (χ4v) is 2.56. The molecule has 2 N–H and O–H groups in total. The first kappa shape index (κ1) is 12.7. The Bertz CT molecular complexity index is 701. The SMILES string of the molecule is CC(CCc1ccccc1)n1cnc2cc(N)ccc21. The number of benzene rings is 2. The minimum atomic E-state index is 0.420. The van der Waals surface area contributed by atoms with Crippen molar-refractivity contribution in [3.63, 3.8) is 0 Å². The van der Waals surface area contributed by atoms with Crippen LogP contribution in [0.4, 0.5) is 5.69 Å². The zero-order valence-corrected chi connectivity index (χ0v) is 11.7. The Morgan fingerprint density at radius 2 is 1.95 bits per heavy atom. The summed E-state index contributed by atoms with van der Waals surface area (Å²) in [6.07, 6.45) is 4.09. The summed E-state index contributed by atoms with van der Waals surface area (Å²) in [5, 5.41) is 0. The van der Waals surface area contributed by atoms with Gasteiger partial charge in [-0.1, -0.05) is 30.3 Å². The molecule has 2 aromatic carbocycles. The maximum Gasteiger partial charge on any atom is 0.0960 e. The average molecular weight is 265 g/mol. The first-order valence-corrected chi connectivity index (χ1v) is 7.00. The minimum Gasteiger partial charge on any atom is -0.399 e.